The normalized spacial score (nSPS) is 13.3. The zero-order valence-corrected chi connectivity index (χ0v) is 15.2. The van der Waals surface area contributed by atoms with E-state index >= 15 is 0 Å². The van der Waals surface area contributed by atoms with Gasteiger partial charge in [-0.25, -0.2) is 4.98 Å². The van der Waals surface area contributed by atoms with Crippen LogP contribution in [0.1, 0.15) is 11.7 Å². The van der Waals surface area contributed by atoms with Crippen LogP contribution in [0, 0.1) is 0 Å². The van der Waals surface area contributed by atoms with Crippen LogP contribution < -0.4 is 5.73 Å². The minimum Gasteiger partial charge on any atom is -0.387 e. The standard InChI is InChI=1S/C17H27N3O2Si/c1-23(2,3)9-8-22-13-20-11-16(19-12-20)14-6-4-5-7-15(14)17(21)10-18/h4-7,11-12,17,21H,8-10,13,18H2,1-3H3. The van der Waals surface area contributed by atoms with Gasteiger partial charge in [0, 0.05) is 33.0 Å². The maximum absolute atomic E-state index is 10.0. The van der Waals surface area contributed by atoms with Crippen molar-refractivity contribution in [3.63, 3.8) is 0 Å². The van der Waals surface area contributed by atoms with Crippen molar-refractivity contribution in [2.24, 2.45) is 5.73 Å². The van der Waals surface area contributed by atoms with Gasteiger partial charge in [-0.1, -0.05) is 43.9 Å². The second kappa shape index (κ2) is 7.87. The van der Waals surface area contributed by atoms with Crippen LogP contribution in [0.3, 0.4) is 0 Å². The molecule has 0 aliphatic carbocycles. The number of nitrogens with two attached hydrogens (primary N) is 1. The fraction of sp³-hybridized carbons (Fsp3) is 0.471. The lowest BCUT2D eigenvalue weighted by molar-refractivity contribution is 0.0871. The first-order valence-electron chi connectivity index (χ1n) is 7.97. The van der Waals surface area contributed by atoms with Crippen LogP contribution in [0.4, 0.5) is 0 Å². The average Bonchev–Trinajstić information content (AvgIpc) is 2.98. The summed E-state index contributed by atoms with van der Waals surface area (Å²) >= 11 is 0. The van der Waals surface area contributed by atoms with Gasteiger partial charge in [-0.15, -0.1) is 0 Å². The fourth-order valence-electron chi connectivity index (χ4n) is 2.27. The molecule has 6 heteroatoms. The lowest BCUT2D eigenvalue weighted by atomic mass is 10.0. The Hall–Kier alpha value is -1.47. The number of aliphatic hydroxyl groups excluding tert-OH is 1. The average molecular weight is 334 g/mol. The highest BCUT2D eigenvalue weighted by molar-refractivity contribution is 6.76. The van der Waals surface area contributed by atoms with Crippen molar-refractivity contribution in [3.05, 3.63) is 42.4 Å². The molecule has 0 radical (unpaired) electrons. The Labute approximate surface area is 139 Å². The predicted octanol–water partition coefficient (Wildman–Crippen LogP) is 2.85. The van der Waals surface area contributed by atoms with Crippen molar-refractivity contribution in [1.29, 1.82) is 0 Å². The third kappa shape index (κ3) is 5.28. The molecule has 1 aromatic heterocycles. The molecule has 2 rings (SSSR count). The van der Waals surface area contributed by atoms with E-state index in [4.69, 9.17) is 10.5 Å². The summed E-state index contributed by atoms with van der Waals surface area (Å²) in [6.07, 6.45) is 3.02. The molecule has 1 atom stereocenters. The Morgan fingerprint density at radius 2 is 2.04 bits per heavy atom. The molecule has 0 aliphatic rings. The van der Waals surface area contributed by atoms with E-state index in [9.17, 15) is 5.11 Å². The highest BCUT2D eigenvalue weighted by Crippen LogP contribution is 2.26. The minimum absolute atomic E-state index is 0.192. The molecule has 0 fully saturated rings. The molecule has 5 nitrogen and oxygen atoms in total. The number of benzene rings is 1. The molecule has 0 spiro atoms. The van der Waals surface area contributed by atoms with E-state index in [0.29, 0.717) is 6.73 Å². The molecular weight excluding hydrogens is 306 g/mol. The molecule has 0 aliphatic heterocycles. The number of aromatic nitrogens is 2. The maximum Gasteiger partial charge on any atom is 0.123 e. The Bertz CT molecular complexity index is 622. The van der Waals surface area contributed by atoms with Gasteiger partial charge in [-0.2, -0.15) is 0 Å². The van der Waals surface area contributed by atoms with Crippen molar-refractivity contribution in [1.82, 2.24) is 9.55 Å². The zero-order valence-electron chi connectivity index (χ0n) is 14.2. The van der Waals surface area contributed by atoms with Crippen LogP contribution in [-0.2, 0) is 11.5 Å². The van der Waals surface area contributed by atoms with Crippen LogP contribution in [-0.4, -0.2) is 35.9 Å². The van der Waals surface area contributed by atoms with Gasteiger partial charge in [0.15, 0.2) is 0 Å². The van der Waals surface area contributed by atoms with Crippen molar-refractivity contribution in [2.45, 2.75) is 38.5 Å². The molecule has 0 bridgehead atoms. The summed E-state index contributed by atoms with van der Waals surface area (Å²) in [5, 5.41) is 10.0. The third-order valence-electron chi connectivity index (χ3n) is 3.69. The minimum atomic E-state index is -1.06. The lowest BCUT2D eigenvalue weighted by Crippen LogP contribution is -2.21. The molecule has 3 N–H and O–H groups in total. The molecule has 126 valence electrons. The Kier molecular flexibility index (Phi) is 6.12. The molecular formula is C17H27N3O2Si. The molecule has 23 heavy (non-hydrogen) atoms. The maximum atomic E-state index is 10.0. The number of imidazole rings is 1. The lowest BCUT2D eigenvalue weighted by Gasteiger charge is -2.15. The van der Waals surface area contributed by atoms with Gasteiger partial charge in [0.2, 0.25) is 0 Å². The Morgan fingerprint density at radius 1 is 1.30 bits per heavy atom. The number of nitrogens with zero attached hydrogens (tertiary/aromatic N) is 2. The second-order valence-electron chi connectivity index (χ2n) is 6.96. The van der Waals surface area contributed by atoms with E-state index < -0.39 is 14.2 Å². The van der Waals surface area contributed by atoms with Gasteiger partial charge in [-0.05, 0) is 11.6 Å². The van der Waals surface area contributed by atoms with Gasteiger partial charge in [0.25, 0.3) is 0 Å². The molecule has 1 heterocycles. The number of rotatable bonds is 8. The van der Waals surface area contributed by atoms with E-state index in [0.717, 1.165) is 29.5 Å². The summed E-state index contributed by atoms with van der Waals surface area (Å²) in [6, 6.07) is 8.82. The van der Waals surface area contributed by atoms with Gasteiger partial charge in [0.05, 0.1) is 18.1 Å². The first kappa shape index (κ1) is 17.9. The van der Waals surface area contributed by atoms with E-state index in [2.05, 4.69) is 24.6 Å². The molecule has 2 aromatic rings. The van der Waals surface area contributed by atoms with Crippen LogP contribution >= 0.6 is 0 Å². The van der Waals surface area contributed by atoms with Crippen molar-refractivity contribution in [3.8, 4) is 11.3 Å². The molecule has 0 amide bonds. The predicted molar refractivity (Wildman–Crippen MR) is 95.8 cm³/mol. The molecule has 0 saturated carbocycles. The summed E-state index contributed by atoms with van der Waals surface area (Å²) < 4.78 is 7.65. The molecule has 1 unspecified atom stereocenters. The number of aliphatic hydroxyl groups is 1. The Morgan fingerprint density at radius 3 is 2.74 bits per heavy atom. The first-order valence-corrected chi connectivity index (χ1v) is 11.7. The van der Waals surface area contributed by atoms with Crippen molar-refractivity contribution in [2.75, 3.05) is 13.2 Å². The SMILES string of the molecule is C[Si](C)(C)CCOCn1cnc(-c2ccccc2C(O)CN)c1. The van der Waals surface area contributed by atoms with Crippen molar-refractivity contribution < 1.29 is 9.84 Å². The third-order valence-corrected chi connectivity index (χ3v) is 5.39. The van der Waals surface area contributed by atoms with Gasteiger partial charge in [0.1, 0.15) is 6.73 Å². The van der Waals surface area contributed by atoms with Crippen LogP contribution in [0.2, 0.25) is 25.7 Å². The zero-order chi connectivity index (χ0) is 16.9. The highest BCUT2D eigenvalue weighted by Gasteiger charge is 2.14. The fourth-order valence-corrected chi connectivity index (χ4v) is 3.02. The number of hydrogen-bond donors (Lipinski definition) is 2. The van der Waals surface area contributed by atoms with E-state index in [1.165, 1.54) is 0 Å². The van der Waals surface area contributed by atoms with Gasteiger partial charge >= 0.3 is 0 Å². The van der Waals surface area contributed by atoms with Crippen LogP contribution in [0.25, 0.3) is 11.3 Å². The quantitative estimate of drug-likeness (QED) is 0.575. The van der Waals surface area contributed by atoms with E-state index in [1.807, 2.05) is 35.0 Å². The summed E-state index contributed by atoms with van der Waals surface area (Å²) in [4.78, 5) is 4.43. The monoisotopic (exact) mass is 333 g/mol. The second-order valence-corrected chi connectivity index (χ2v) is 12.6. The number of ether oxygens (including phenoxy) is 1. The topological polar surface area (TPSA) is 73.3 Å². The smallest absolute Gasteiger partial charge is 0.123 e. The van der Waals surface area contributed by atoms with Crippen LogP contribution in [0.15, 0.2) is 36.8 Å². The summed E-state index contributed by atoms with van der Waals surface area (Å²) in [7, 11) is -1.06. The largest absolute Gasteiger partial charge is 0.387 e. The van der Waals surface area contributed by atoms with E-state index in [1.54, 1.807) is 6.33 Å². The molecule has 1 aromatic carbocycles. The first-order chi connectivity index (χ1) is 10.9. The summed E-state index contributed by atoms with van der Waals surface area (Å²) in [5.41, 5.74) is 8.12. The van der Waals surface area contributed by atoms with Gasteiger partial charge in [-0.3, -0.25) is 0 Å². The molecule has 0 saturated heterocycles. The number of hydrogen-bond acceptors (Lipinski definition) is 4. The van der Waals surface area contributed by atoms with E-state index in [-0.39, 0.29) is 6.54 Å². The summed E-state index contributed by atoms with van der Waals surface area (Å²) in [5.74, 6) is 0. The highest BCUT2D eigenvalue weighted by atomic mass is 28.3. The van der Waals surface area contributed by atoms with Gasteiger partial charge < -0.3 is 20.1 Å². The summed E-state index contributed by atoms with van der Waals surface area (Å²) in [6.45, 7) is 8.49. The Balaban J connectivity index is 2.02. The van der Waals surface area contributed by atoms with Crippen LogP contribution in [0.5, 0.6) is 0 Å². The van der Waals surface area contributed by atoms with Crippen molar-refractivity contribution >= 4 is 8.07 Å².